The van der Waals surface area contributed by atoms with Crippen LogP contribution in [0.3, 0.4) is 0 Å². The number of aliphatic hydroxyl groups is 1. The van der Waals surface area contributed by atoms with Crippen LogP contribution in [0.5, 0.6) is 0 Å². The lowest BCUT2D eigenvalue weighted by molar-refractivity contribution is 0.0146. The maximum Gasteiger partial charge on any atom is 0.195 e. The maximum atomic E-state index is 13.9. The van der Waals surface area contributed by atoms with Gasteiger partial charge in [0.25, 0.3) is 0 Å². The Bertz CT molecular complexity index is 1340. The van der Waals surface area contributed by atoms with Crippen LogP contribution in [0.1, 0.15) is 55.7 Å². The highest BCUT2D eigenvalue weighted by Gasteiger charge is 2.47. The van der Waals surface area contributed by atoms with E-state index in [9.17, 15) is 14.7 Å². The Hall–Kier alpha value is -4.08. The second-order valence-electron chi connectivity index (χ2n) is 9.02. The van der Waals surface area contributed by atoms with Crippen molar-refractivity contribution >= 4 is 11.6 Å². The van der Waals surface area contributed by atoms with Gasteiger partial charge in [-0.25, -0.2) is 0 Å². The third-order valence-electron chi connectivity index (χ3n) is 6.81. The number of rotatable bonds is 6. The highest BCUT2D eigenvalue weighted by atomic mass is 16.3. The van der Waals surface area contributed by atoms with Crippen molar-refractivity contribution < 1.29 is 14.7 Å². The average Bonchev–Trinajstić information content (AvgIpc) is 2.93. The van der Waals surface area contributed by atoms with E-state index in [1.807, 2.05) is 84.9 Å². The molecule has 0 heterocycles. The maximum absolute atomic E-state index is 13.9. The topological polar surface area (TPSA) is 54.4 Å². The molecule has 0 saturated heterocycles. The minimum Gasteiger partial charge on any atom is -0.381 e. The van der Waals surface area contributed by atoms with Gasteiger partial charge in [-0.15, -0.1) is 0 Å². The first-order valence-electron chi connectivity index (χ1n) is 11.8. The SMILES string of the molecule is O=C(c1ccccc1)c1ccc(C(=O)C2(O)CC(c3ccccc3)C=CC2c2ccccc2)cc1. The monoisotopic (exact) mass is 458 g/mol. The summed E-state index contributed by atoms with van der Waals surface area (Å²) in [7, 11) is 0. The van der Waals surface area contributed by atoms with Gasteiger partial charge in [0.2, 0.25) is 0 Å². The summed E-state index contributed by atoms with van der Waals surface area (Å²) in [5, 5.41) is 12.0. The molecule has 0 spiro atoms. The summed E-state index contributed by atoms with van der Waals surface area (Å²) >= 11 is 0. The van der Waals surface area contributed by atoms with Crippen LogP contribution in [0.15, 0.2) is 127 Å². The molecule has 172 valence electrons. The molecule has 0 saturated carbocycles. The number of ketones is 2. The predicted molar refractivity (Wildman–Crippen MR) is 138 cm³/mol. The molecule has 35 heavy (non-hydrogen) atoms. The fourth-order valence-corrected chi connectivity index (χ4v) is 4.92. The van der Waals surface area contributed by atoms with Crippen LogP contribution in [0, 0.1) is 0 Å². The van der Waals surface area contributed by atoms with E-state index in [1.54, 1.807) is 36.4 Å². The van der Waals surface area contributed by atoms with Gasteiger partial charge in [-0.2, -0.15) is 0 Å². The third kappa shape index (κ3) is 4.51. The number of allylic oxidation sites excluding steroid dienone is 1. The standard InChI is InChI=1S/C32H26O3/c33-30(25-14-8-3-9-15-25)26-16-18-27(19-17-26)31(34)32(35)22-28(23-10-4-1-5-11-23)20-21-29(32)24-12-6-2-7-13-24/h1-21,28-29,35H,22H2. The summed E-state index contributed by atoms with van der Waals surface area (Å²) in [6.45, 7) is 0. The van der Waals surface area contributed by atoms with Gasteiger partial charge < -0.3 is 5.11 Å². The van der Waals surface area contributed by atoms with E-state index >= 15 is 0 Å². The largest absolute Gasteiger partial charge is 0.381 e. The number of hydrogen-bond donors (Lipinski definition) is 1. The zero-order chi connectivity index (χ0) is 24.3. The molecule has 0 aromatic heterocycles. The molecular formula is C32H26O3. The summed E-state index contributed by atoms with van der Waals surface area (Å²) in [5.41, 5.74) is 1.82. The first-order chi connectivity index (χ1) is 17.1. The van der Waals surface area contributed by atoms with Crippen molar-refractivity contribution in [2.75, 3.05) is 0 Å². The van der Waals surface area contributed by atoms with Crippen LogP contribution in [0.4, 0.5) is 0 Å². The molecule has 3 unspecified atom stereocenters. The normalized spacial score (nSPS) is 21.4. The van der Waals surface area contributed by atoms with Crippen LogP contribution < -0.4 is 0 Å². The molecule has 4 aromatic carbocycles. The molecule has 3 atom stereocenters. The molecular weight excluding hydrogens is 432 g/mol. The summed E-state index contributed by atoms with van der Waals surface area (Å²) < 4.78 is 0. The zero-order valence-corrected chi connectivity index (χ0v) is 19.2. The van der Waals surface area contributed by atoms with Gasteiger partial charge >= 0.3 is 0 Å². The van der Waals surface area contributed by atoms with E-state index in [4.69, 9.17) is 0 Å². The van der Waals surface area contributed by atoms with Crippen molar-refractivity contribution in [2.45, 2.75) is 23.9 Å². The Labute approximate surface area is 205 Å². The van der Waals surface area contributed by atoms with E-state index in [0.29, 0.717) is 16.7 Å². The van der Waals surface area contributed by atoms with Crippen molar-refractivity contribution in [1.82, 2.24) is 0 Å². The Kier molecular flexibility index (Phi) is 6.26. The van der Waals surface area contributed by atoms with Crippen LogP contribution >= 0.6 is 0 Å². The Morgan fingerprint density at radius 3 is 1.69 bits per heavy atom. The van der Waals surface area contributed by atoms with Gasteiger partial charge in [0, 0.05) is 28.5 Å². The van der Waals surface area contributed by atoms with E-state index in [-0.39, 0.29) is 23.9 Å². The number of hydrogen-bond acceptors (Lipinski definition) is 3. The molecule has 4 aromatic rings. The molecule has 0 bridgehead atoms. The molecule has 1 aliphatic rings. The first kappa shape index (κ1) is 22.7. The molecule has 0 fully saturated rings. The van der Waals surface area contributed by atoms with E-state index in [2.05, 4.69) is 6.08 Å². The molecule has 0 radical (unpaired) electrons. The molecule has 1 aliphatic carbocycles. The van der Waals surface area contributed by atoms with Crippen molar-refractivity contribution in [2.24, 2.45) is 0 Å². The zero-order valence-electron chi connectivity index (χ0n) is 19.2. The number of Topliss-reactive ketones (excluding diaryl/α,β-unsaturated/α-hetero) is 1. The van der Waals surface area contributed by atoms with Crippen LogP contribution in [-0.2, 0) is 0 Å². The molecule has 0 amide bonds. The summed E-state index contributed by atoms with van der Waals surface area (Å²) in [4.78, 5) is 26.7. The lowest BCUT2D eigenvalue weighted by Crippen LogP contribution is -2.46. The average molecular weight is 459 g/mol. The highest BCUT2D eigenvalue weighted by Crippen LogP contribution is 2.44. The minimum atomic E-state index is -1.62. The number of carbonyl (C=O) groups excluding carboxylic acids is 2. The van der Waals surface area contributed by atoms with Gasteiger partial charge in [-0.1, -0.05) is 127 Å². The highest BCUT2D eigenvalue weighted by molar-refractivity contribution is 6.10. The number of carbonyl (C=O) groups is 2. The van der Waals surface area contributed by atoms with Crippen molar-refractivity contribution in [3.63, 3.8) is 0 Å². The number of benzene rings is 4. The van der Waals surface area contributed by atoms with Gasteiger partial charge in [0.15, 0.2) is 11.6 Å². The van der Waals surface area contributed by atoms with Crippen LogP contribution in [-0.4, -0.2) is 22.3 Å². The lowest BCUT2D eigenvalue weighted by atomic mass is 9.67. The van der Waals surface area contributed by atoms with Crippen LogP contribution in [0.2, 0.25) is 0 Å². The van der Waals surface area contributed by atoms with Crippen molar-refractivity contribution in [1.29, 1.82) is 0 Å². The minimum absolute atomic E-state index is 0.0796. The summed E-state index contributed by atoms with van der Waals surface area (Å²) in [6.07, 6.45) is 4.33. The van der Waals surface area contributed by atoms with Gasteiger partial charge in [0.05, 0.1) is 0 Å². The van der Waals surface area contributed by atoms with Gasteiger partial charge in [-0.05, 0) is 17.5 Å². The molecule has 0 aliphatic heterocycles. The molecule has 3 nitrogen and oxygen atoms in total. The predicted octanol–water partition coefficient (Wildman–Crippen LogP) is 6.36. The molecule has 5 rings (SSSR count). The Morgan fingerprint density at radius 2 is 1.09 bits per heavy atom. The lowest BCUT2D eigenvalue weighted by Gasteiger charge is -2.39. The fourth-order valence-electron chi connectivity index (χ4n) is 4.92. The third-order valence-corrected chi connectivity index (χ3v) is 6.81. The van der Waals surface area contributed by atoms with Gasteiger partial charge in [-0.3, -0.25) is 9.59 Å². The van der Waals surface area contributed by atoms with Crippen LogP contribution in [0.25, 0.3) is 0 Å². The quantitative estimate of drug-likeness (QED) is 0.270. The summed E-state index contributed by atoms with van der Waals surface area (Å²) in [5.74, 6) is -0.989. The first-order valence-corrected chi connectivity index (χ1v) is 11.8. The fraction of sp³-hybridized carbons (Fsp3) is 0.125. The second-order valence-corrected chi connectivity index (χ2v) is 9.02. The van der Waals surface area contributed by atoms with E-state index in [1.165, 1.54) is 0 Å². The Balaban J connectivity index is 1.49. The van der Waals surface area contributed by atoms with Crippen molar-refractivity contribution in [3.8, 4) is 0 Å². The summed E-state index contributed by atoms with van der Waals surface area (Å²) in [6, 6.07) is 35.3. The smallest absolute Gasteiger partial charge is 0.195 e. The second kappa shape index (κ2) is 9.65. The van der Waals surface area contributed by atoms with E-state index in [0.717, 1.165) is 11.1 Å². The Morgan fingerprint density at radius 1 is 0.600 bits per heavy atom. The van der Waals surface area contributed by atoms with E-state index < -0.39 is 11.5 Å². The van der Waals surface area contributed by atoms with Gasteiger partial charge in [0.1, 0.15) is 5.60 Å². The molecule has 3 heteroatoms. The van der Waals surface area contributed by atoms with Crippen molar-refractivity contribution in [3.05, 3.63) is 155 Å². The molecule has 1 N–H and O–H groups in total.